The van der Waals surface area contributed by atoms with E-state index in [1.807, 2.05) is 6.92 Å². The molecule has 2 amide bonds. The molecule has 2 N–H and O–H groups in total. The van der Waals surface area contributed by atoms with E-state index in [2.05, 4.69) is 15.8 Å². The van der Waals surface area contributed by atoms with Gasteiger partial charge >= 0.3 is 17.8 Å². The minimum atomic E-state index is -0.943. The predicted molar refractivity (Wildman–Crippen MR) is 120 cm³/mol. The van der Waals surface area contributed by atoms with E-state index in [-0.39, 0.29) is 17.0 Å². The van der Waals surface area contributed by atoms with Crippen molar-refractivity contribution in [3.05, 3.63) is 99.6 Å². The minimum Gasteiger partial charge on any atom is -0.423 e. The third-order valence-corrected chi connectivity index (χ3v) is 4.31. The van der Waals surface area contributed by atoms with Crippen LogP contribution in [0, 0.1) is 17.0 Å². The Bertz CT molecular complexity index is 1220. The summed E-state index contributed by atoms with van der Waals surface area (Å²) in [5, 5.41) is 17.2. The maximum absolute atomic E-state index is 12.2. The number of carbonyl (C=O) groups is 3. The average Bonchev–Trinajstić information content (AvgIpc) is 2.81. The number of nitro groups is 1. The van der Waals surface area contributed by atoms with Gasteiger partial charge in [0.1, 0.15) is 11.3 Å². The Balaban J connectivity index is 1.54. The van der Waals surface area contributed by atoms with Crippen LogP contribution in [0.4, 0.5) is 11.4 Å². The van der Waals surface area contributed by atoms with Crippen LogP contribution in [0.1, 0.15) is 21.5 Å². The second-order valence-corrected chi connectivity index (χ2v) is 6.75. The van der Waals surface area contributed by atoms with Gasteiger partial charge < -0.3 is 10.1 Å². The number of carbonyl (C=O) groups excluding carboxylic acids is 3. The van der Waals surface area contributed by atoms with Crippen LogP contribution in [0.25, 0.3) is 0 Å². The highest BCUT2D eigenvalue weighted by molar-refractivity contribution is 6.39. The van der Waals surface area contributed by atoms with Gasteiger partial charge in [0.15, 0.2) is 0 Å². The van der Waals surface area contributed by atoms with Gasteiger partial charge in [0, 0.05) is 11.8 Å². The molecule has 10 heteroatoms. The summed E-state index contributed by atoms with van der Waals surface area (Å²) in [7, 11) is 0. The number of amides is 2. The predicted octanol–water partition coefficient (Wildman–Crippen LogP) is 3.21. The van der Waals surface area contributed by atoms with Gasteiger partial charge in [-0.25, -0.2) is 10.2 Å². The summed E-state index contributed by atoms with van der Waals surface area (Å²) in [5.74, 6) is -2.51. The monoisotopic (exact) mass is 446 g/mol. The zero-order valence-electron chi connectivity index (χ0n) is 17.3. The number of hydrogen-bond acceptors (Lipinski definition) is 7. The highest BCUT2D eigenvalue weighted by Crippen LogP contribution is 2.20. The summed E-state index contributed by atoms with van der Waals surface area (Å²) < 4.78 is 5.17. The van der Waals surface area contributed by atoms with Crippen molar-refractivity contribution in [2.24, 2.45) is 5.10 Å². The van der Waals surface area contributed by atoms with E-state index >= 15 is 0 Å². The van der Waals surface area contributed by atoms with Crippen molar-refractivity contribution in [3.8, 4) is 5.75 Å². The van der Waals surface area contributed by atoms with Crippen LogP contribution in [-0.4, -0.2) is 28.9 Å². The standard InChI is InChI=1S/C23H18N4O6/c1-15-6-10-17(11-7-15)25-21(28)22(29)26-24-14-16-8-12-18(13-9-16)33-23(30)19-4-2-3-5-20(19)27(31)32/h2-14H,1H3,(H,25,28)(H,26,29)/b24-14+. The van der Waals surface area contributed by atoms with Gasteiger partial charge in [0.2, 0.25) is 0 Å². The molecule has 0 saturated heterocycles. The summed E-state index contributed by atoms with van der Waals surface area (Å²) in [4.78, 5) is 46.4. The molecule has 3 aromatic rings. The first-order chi connectivity index (χ1) is 15.8. The number of anilines is 1. The van der Waals surface area contributed by atoms with E-state index in [1.54, 1.807) is 36.4 Å². The second kappa shape index (κ2) is 10.4. The summed E-state index contributed by atoms with van der Waals surface area (Å²) in [6, 6.07) is 18.4. The number of ether oxygens (including phenoxy) is 1. The Morgan fingerprint density at radius 3 is 2.27 bits per heavy atom. The van der Waals surface area contributed by atoms with Gasteiger partial charge in [-0.2, -0.15) is 5.10 Å². The fraction of sp³-hybridized carbons (Fsp3) is 0.0435. The highest BCUT2D eigenvalue weighted by Gasteiger charge is 2.21. The van der Waals surface area contributed by atoms with E-state index in [1.165, 1.54) is 42.6 Å². The van der Waals surface area contributed by atoms with Crippen LogP contribution >= 0.6 is 0 Å². The number of esters is 1. The van der Waals surface area contributed by atoms with Crippen LogP contribution in [-0.2, 0) is 9.59 Å². The third-order valence-electron chi connectivity index (χ3n) is 4.31. The summed E-state index contributed by atoms with van der Waals surface area (Å²) in [6.45, 7) is 1.90. The molecule has 0 aliphatic rings. The van der Waals surface area contributed by atoms with E-state index in [4.69, 9.17) is 4.74 Å². The first kappa shape index (κ1) is 22.8. The lowest BCUT2D eigenvalue weighted by Gasteiger charge is -2.05. The van der Waals surface area contributed by atoms with Crippen LogP contribution in [0.3, 0.4) is 0 Å². The van der Waals surface area contributed by atoms with Gasteiger partial charge in [-0.15, -0.1) is 0 Å². The van der Waals surface area contributed by atoms with E-state index in [0.717, 1.165) is 5.56 Å². The molecule has 0 unspecified atom stereocenters. The number of nitro benzene ring substituents is 1. The Kier molecular flexibility index (Phi) is 7.22. The number of para-hydroxylation sites is 1. The molecule has 0 heterocycles. The fourth-order valence-electron chi connectivity index (χ4n) is 2.63. The molecule has 3 aromatic carbocycles. The number of rotatable bonds is 6. The second-order valence-electron chi connectivity index (χ2n) is 6.75. The Morgan fingerprint density at radius 2 is 1.61 bits per heavy atom. The Morgan fingerprint density at radius 1 is 0.939 bits per heavy atom. The van der Waals surface area contributed by atoms with Gasteiger partial charge in [-0.1, -0.05) is 29.8 Å². The number of aryl methyl sites for hydroxylation is 1. The van der Waals surface area contributed by atoms with Crippen molar-refractivity contribution in [1.82, 2.24) is 5.43 Å². The molecule has 0 bridgehead atoms. The number of hydrazone groups is 1. The van der Waals surface area contributed by atoms with Crippen molar-refractivity contribution < 1.29 is 24.0 Å². The summed E-state index contributed by atoms with van der Waals surface area (Å²) >= 11 is 0. The van der Waals surface area contributed by atoms with Crippen molar-refractivity contribution >= 4 is 35.4 Å². The van der Waals surface area contributed by atoms with E-state index in [9.17, 15) is 24.5 Å². The molecule has 0 aromatic heterocycles. The molecule has 10 nitrogen and oxygen atoms in total. The zero-order chi connectivity index (χ0) is 23.8. The molecule has 0 fully saturated rings. The molecule has 0 aliphatic heterocycles. The summed E-state index contributed by atoms with van der Waals surface area (Å²) in [5.41, 5.74) is 3.64. The van der Waals surface area contributed by atoms with Crippen LogP contribution in [0.15, 0.2) is 77.9 Å². The lowest BCUT2D eigenvalue weighted by Crippen LogP contribution is -2.32. The smallest absolute Gasteiger partial charge is 0.350 e. The molecule has 33 heavy (non-hydrogen) atoms. The number of benzene rings is 3. The summed E-state index contributed by atoms with van der Waals surface area (Å²) in [6.07, 6.45) is 1.30. The SMILES string of the molecule is Cc1ccc(NC(=O)C(=O)N/N=C/c2ccc(OC(=O)c3ccccc3[N+](=O)[O-])cc2)cc1. The van der Waals surface area contributed by atoms with Gasteiger partial charge in [-0.05, 0) is 55.0 Å². The lowest BCUT2D eigenvalue weighted by atomic mass is 10.2. The maximum atomic E-state index is 12.2. The van der Waals surface area contributed by atoms with E-state index < -0.39 is 22.7 Å². The molecule has 0 spiro atoms. The van der Waals surface area contributed by atoms with Gasteiger partial charge in [0.25, 0.3) is 5.69 Å². The molecule has 3 rings (SSSR count). The van der Waals surface area contributed by atoms with Crippen molar-refractivity contribution in [1.29, 1.82) is 0 Å². The van der Waals surface area contributed by atoms with Crippen LogP contribution < -0.4 is 15.5 Å². The average molecular weight is 446 g/mol. The molecule has 0 radical (unpaired) electrons. The Hall–Kier alpha value is -4.86. The third kappa shape index (κ3) is 6.31. The first-order valence-electron chi connectivity index (χ1n) is 9.60. The molecular weight excluding hydrogens is 428 g/mol. The molecule has 0 atom stereocenters. The molecule has 0 saturated carbocycles. The van der Waals surface area contributed by atoms with Crippen molar-refractivity contribution in [2.75, 3.05) is 5.32 Å². The minimum absolute atomic E-state index is 0.164. The number of hydrogen-bond donors (Lipinski definition) is 2. The normalized spacial score (nSPS) is 10.5. The van der Waals surface area contributed by atoms with Crippen LogP contribution in [0.2, 0.25) is 0 Å². The Labute approximate surface area is 188 Å². The lowest BCUT2D eigenvalue weighted by molar-refractivity contribution is -0.385. The topological polar surface area (TPSA) is 140 Å². The largest absolute Gasteiger partial charge is 0.423 e. The van der Waals surface area contributed by atoms with E-state index in [0.29, 0.717) is 11.3 Å². The fourth-order valence-corrected chi connectivity index (χ4v) is 2.63. The van der Waals surface area contributed by atoms with Crippen molar-refractivity contribution in [3.63, 3.8) is 0 Å². The van der Waals surface area contributed by atoms with Crippen molar-refractivity contribution in [2.45, 2.75) is 6.92 Å². The maximum Gasteiger partial charge on any atom is 0.350 e. The van der Waals surface area contributed by atoms with Gasteiger partial charge in [0.05, 0.1) is 11.1 Å². The van der Waals surface area contributed by atoms with Gasteiger partial charge in [-0.3, -0.25) is 19.7 Å². The molecule has 0 aliphatic carbocycles. The first-order valence-corrected chi connectivity index (χ1v) is 9.60. The number of nitrogens with zero attached hydrogens (tertiary/aromatic N) is 2. The quantitative estimate of drug-likeness (QED) is 0.149. The highest BCUT2D eigenvalue weighted by atomic mass is 16.6. The van der Waals surface area contributed by atoms with Crippen LogP contribution in [0.5, 0.6) is 5.75 Å². The molecular formula is C23H18N4O6. The molecule has 166 valence electrons. The number of nitrogens with one attached hydrogen (secondary N) is 2. The zero-order valence-corrected chi connectivity index (χ0v) is 17.3.